The van der Waals surface area contributed by atoms with Gasteiger partial charge in [0, 0.05) is 7.79 Å². The molecule has 0 fully saturated rings. The van der Waals surface area contributed by atoms with Crippen LogP contribution in [0.5, 0.6) is 0 Å². The van der Waals surface area contributed by atoms with Crippen LogP contribution in [0, 0.1) is 0 Å². The first-order chi connectivity index (χ1) is 3.81. The summed E-state index contributed by atoms with van der Waals surface area (Å²) in [5, 5.41) is 0. The Balaban J connectivity index is 2.99. The number of hydrogen-bond acceptors (Lipinski definition) is 1. The normalized spacial score (nSPS) is 10.7. The Bertz CT molecular complexity index is 70.9. The van der Waals surface area contributed by atoms with Crippen molar-refractivity contribution in [3.63, 3.8) is 0 Å². The summed E-state index contributed by atoms with van der Waals surface area (Å²) in [7, 11) is 0. The average Bonchev–Trinajstić information content (AvgIpc) is 1.83. The molecule has 1 heteroatoms. The highest BCUT2D eigenvalue weighted by Gasteiger charge is 1.87. The van der Waals surface area contributed by atoms with Gasteiger partial charge in [0.2, 0.25) is 0 Å². The Kier molecular flexibility index (Phi) is 2.65. The van der Waals surface area contributed by atoms with E-state index in [9.17, 15) is 4.79 Å². The fourth-order valence-corrected chi connectivity index (χ4v) is 0.374. The Morgan fingerprint density at radius 2 is 2.57 bits per heavy atom. The van der Waals surface area contributed by atoms with E-state index in [0.29, 0.717) is 6.42 Å². The van der Waals surface area contributed by atoms with Gasteiger partial charge in [-0.1, -0.05) is 13.3 Å². The first kappa shape index (κ1) is 4.82. The molecule has 1 nitrogen and oxygen atoms in total. The largest absolute Gasteiger partial charge is 0.300 e. The van der Waals surface area contributed by atoms with E-state index in [0.717, 1.165) is 12.8 Å². The molecule has 42 valence electrons. The molecule has 0 unspecified atom stereocenters. The van der Waals surface area contributed by atoms with Crippen molar-refractivity contribution in [1.29, 1.82) is 0 Å². The fourth-order valence-electron chi connectivity index (χ4n) is 0.374. The van der Waals surface area contributed by atoms with Gasteiger partial charge in [0.05, 0.1) is 0 Å². The van der Waals surface area contributed by atoms with Crippen LogP contribution >= 0.6 is 0 Å². The second-order valence-corrected chi connectivity index (χ2v) is 1.64. The highest BCUT2D eigenvalue weighted by Crippen LogP contribution is 1.92. The number of hydrogen-bond donors (Lipinski definition) is 0. The number of carbonyl (C=O) groups excluding carboxylic acids is 1. The van der Waals surface area contributed by atoms with Gasteiger partial charge >= 0.3 is 0 Å². The van der Waals surface area contributed by atoms with Crippen molar-refractivity contribution in [2.24, 2.45) is 0 Å². The van der Waals surface area contributed by atoms with Crippen molar-refractivity contribution < 1.29 is 6.17 Å². The van der Waals surface area contributed by atoms with Crippen LogP contribution in [0.15, 0.2) is 0 Å². The molecule has 7 heavy (non-hydrogen) atoms. The zero-order valence-electron chi connectivity index (χ0n) is 5.74. The van der Waals surface area contributed by atoms with Crippen LogP contribution in [-0.4, -0.2) is 5.78 Å². The Labute approximate surface area is 46.1 Å². The number of ketones is 1. The van der Waals surface area contributed by atoms with E-state index >= 15 is 0 Å². The van der Waals surface area contributed by atoms with Gasteiger partial charge in [-0.3, -0.25) is 0 Å². The number of Topliss-reactive ketones (excluding diaryl/α,β-unsaturated/α-hetero) is 1. The molecule has 0 amide bonds. The maximum atomic E-state index is 10.4. The fraction of sp³-hybridized carbons (Fsp3) is 0.833. The van der Waals surface area contributed by atoms with E-state index in [1.165, 1.54) is 0 Å². The van der Waals surface area contributed by atoms with Crippen LogP contribution in [0.2, 0.25) is 0 Å². The first-order valence-electron chi connectivity index (χ1n) is 3.33. The monoisotopic (exact) mass is 102 g/mol. The van der Waals surface area contributed by atoms with Gasteiger partial charge < -0.3 is 4.79 Å². The minimum atomic E-state index is -0.0417. The third-order valence-corrected chi connectivity index (χ3v) is 0.809. The van der Waals surface area contributed by atoms with Crippen molar-refractivity contribution in [2.75, 3.05) is 0 Å². The van der Waals surface area contributed by atoms with E-state index in [1.54, 1.807) is 0 Å². The van der Waals surface area contributed by atoms with Crippen molar-refractivity contribution in [2.45, 2.75) is 33.1 Å². The minimum absolute atomic E-state index is 0.0417. The summed E-state index contributed by atoms with van der Waals surface area (Å²) >= 11 is 0. The van der Waals surface area contributed by atoms with E-state index in [4.69, 9.17) is 1.37 Å². The molecular weight excluding hydrogens is 88.1 g/mol. The lowest BCUT2D eigenvalue weighted by Gasteiger charge is -1.86. The molecule has 0 aromatic heterocycles. The van der Waals surface area contributed by atoms with Crippen LogP contribution in [0.4, 0.5) is 0 Å². The van der Waals surface area contributed by atoms with Crippen molar-refractivity contribution in [1.82, 2.24) is 0 Å². The van der Waals surface area contributed by atoms with Gasteiger partial charge in [-0.05, 0) is 13.3 Å². The highest BCUT2D eigenvalue weighted by molar-refractivity contribution is 5.75. The molecule has 0 atom stereocenters. The molecule has 0 spiro atoms. The van der Waals surface area contributed by atoms with E-state index < -0.39 is 0 Å². The molecular formula is C6H12O. The molecule has 0 aliphatic rings. The molecule has 0 radical (unpaired) electrons. The highest BCUT2D eigenvalue weighted by atomic mass is 16.1. The molecule has 0 bridgehead atoms. The van der Waals surface area contributed by atoms with Crippen LogP contribution in [0.3, 0.4) is 0 Å². The molecule has 0 rings (SSSR count). The maximum absolute atomic E-state index is 10.4. The topological polar surface area (TPSA) is 17.1 Å². The molecule has 0 saturated carbocycles. The predicted molar refractivity (Wildman–Crippen MR) is 30.2 cm³/mol. The lowest BCUT2D eigenvalue weighted by Crippen LogP contribution is -1.86. The van der Waals surface area contributed by atoms with Gasteiger partial charge in [-0.25, -0.2) is 0 Å². The van der Waals surface area contributed by atoms with E-state index in [1.807, 2.05) is 6.92 Å². The SMILES string of the molecule is [3H]CC(=O)CCCC. The van der Waals surface area contributed by atoms with Crippen molar-refractivity contribution >= 4 is 5.78 Å². The van der Waals surface area contributed by atoms with Crippen LogP contribution < -0.4 is 0 Å². The number of carbonyl (C=O) groups is 1. The molecule has 0 aliphatic carbocycles. The standard InChI is InChI=1S/C6H12O/c1-3-4-5-6(2)7/h3-5H2,1-2H3/i2T. The summed E-state index contributed by atoms with van der Waals surface area (Å²) in [5.74, 6) is 0.0619. The zero-order chi connectivity index (χ0) is 6.41. The van der Waals surface area contributed by atoms with Crippen molar-refractivity contribution in [3.8, 4) is 0 Å². The summed E-state index contributed by atoms with van der Waals surface area (Å²) in [4.78, 5) is 10.4. The zero-order valence-corrected chi connectivity index (χ0v) is 4.74. The van der Waals surface area contributed by atoms with E-state index in [-0.39, 0.29) is 12.7 Å². The molecule has 0 aromatic rings. The smallest absolute Gasteiger partial charge is 0.129 e. The summed E-state index contributed by atoms with van der Waals surface area (Å²) in [6, 6.07) is 0. The summed E-state index contributed by atoms with van der Waals surface area (Å²) < 4.78 is 6.64. The Hall–Kier alpha value is -0.330. The molecule has 0 heterocycles. The second kappa shape index (κ2) is 3.85. The lowest BCUT2D eigenvalue weighted by molar-refractivity contribution is -0.117. The minimum Gasteiger partial charge on any atom is -0.300 e. The number of unbranched alkanes of at least 4 members (excludes halogenated alkanes) is 1. The lowest BCUT2D eigenvalue weighted by atomic mass is 10.2. The molecule has 0 N–H and O–H groups in total. The summed E-state index contributed by atoms with van der Waals surface area (Å²) in [6.45, 7) is 2.00. The Morgan fingerprint density at radius 3 is 3.00 bits per heavy atom. The van der Waals surface area contributed by atoms with Gasteiger partial charge in [0.25, 0.3) is 0 Å². The van der Waals surface area contributed by atoms with Crippen LogP contribution in [-0.2, 0) is 4.79 Å². The van der Waals surface area contributed by atoms with Crippen LogP contribution in [0.1, 0.15) is 34.5 Å². The van der Waals surface area contributed by atoms with Gasteiger partial charge in [-0.15, -0.1) is 0 Å². The van der Waals surface area contributed by atoms with Gasteiger partial charge in [0.1, 0.15) is 5.78 Å². The van der Waals surface area contributed by atoms with E-state index in [2.05, 4.69) is 0 Å². The molecule has 0 aliphatic heterocycles. The van der Waals surface area contributed by atoms with Gasteiger partial charge in [0.15, 0.2) is 0 Å². The molecule has 0 aromatic carbocycles. The van der Waals surface area contributed by atoms with Gasteiger partial charge in [-0.2, -0.15) is 0 Å². The number of rotatable bonds is 3. The Morgan fingerprint density at radius 1 is 1.86 bits per heavy atom. The van der Waals surface area contributed by atoms with Crippen LogP contribution in [0.25, 0.3) is 0 Å². The third kappa shape index (κ3) is 5.67. The molecule has 0 saturated heterocycles. The quantitative estimate of drug-likeness (QED) is 0.530. The summed E-state index contributed by atoms with van der Waals surface area (Å²) in [5.41, 5.74) is 0. The third-order valence-electron chi connectivity index (χ3n) is 0.809. The first-order valence-corrected chi connectivity index (χ1v) is 2.62. The maximum Gasteiger partial charge on any atom is 0.129 e. The van der Waals surface area contributed by atoms with Crippen molar-refractivity contribution in [3.05, 3.63) is 0 Å². The summed E-state index contributed by atoms with van der Waals surface area (Å²) in [6.07, 6.45) is 2.59. The predicted octanol–water partition coefficient (Wildman–Crippen LogP) is 1.77. The second-order valence-electron chi connectivity index (χ2n) is 1.64. The average molecular weight is 102 g/mol.